The summed E-state index contributed by atoms with van der Waals surface area (Å²) in [7, 11) is 0. The second-order valence-electron chi connectivity index (χ2n) is 5.56. The number of carbonyl (C=O) groups excluding carboxylic acids is 1. The van der Waals surface area contributed by atoms with Crippen LogP contribution >= 0.6 is 0 Å². The third-order valence-electron chi connectivity index (χ3n) is 3.41. The van der Waals surface area contributed by atoms with Gasteiger partial charge in [-0.25, -0.2) is 0 Å². The maximum atomic E-state index is 11.9. The number of aliphatic hydroxyl groups is 1. The van der Waals surface area contributed by atoms with Gasteiger partial charge in [0.15, 0.2) is 0 Å². The molecule has 1 amide bonds. The summed E-state index contributed by atoms with van der Waals surface area (Å²) < 4.78 is 5.37. The smallest absolute Gasteiger partial charge is 0.269 e. The molecule has 1 atom stereocenters. The van der Waals surface area contributed by atoms with Crippen molar-refractivity contribution in [2.24, 2.45) is 0 Å². The van der Waals surface area contributed by atoms with Gasteiger partial charge in [0.2, 0.25) is 5.91 Å². The minimum absolute atomic E-state index is 0.00572. The average Bonchev–Trinajstić information content (AvgIpc) is 2.93. The Morgan fingerprint density at radius 1 is 1.30 bits per heavy atom. The van der Waals surface area contributed by atoms with Crippen LogP contribution in [0.1, 0.15) is 24.0 Å². The van der Waals surface area contributed by atoms with Crippen LogP contribution in [-0.2, 0) is 16.8 Å². The van der Waals surface area contributed by atoms with Crippen LogP contribution in [-0.4, -0.2) is 22.5 Å². The highest BCUT2D eigenvalue weighted by Gasteiger charge is 2.27. The van der Waals surface area contributed by atoms with Gasteiger partial charge < -0.3 is 14.8 Å². The van der Waals surface area contributed by atoms with Crippen LogP contribution in [0.15, 0.2) is 40.8 Å². The monoisotopic (exact) mass is 318 g/mol. The number of rotatable bonds is 6. The van der Waals surface area contributed by atoms with Gasteiger partial charge in [0, 0.05) is 12.1 Å². The molecule has 1 heterocycles. The third-order valence-corrected chi connectivity index (χ3v) is 3.41. The lowest BCUT2D eigenvalue weighted by molar-refractivity contribution is -0.384. The third kappa shape index (κ3) is 4.40. The van der Waals surface area contributed by atoms with Crippen LogP contribution < -0.4 is 5.32 Å². The summed E-state index contributed by atoms with van der Waals surface area (Å²) in [5.74, 6) is 0.769. The van der Waals surface area contributed by atoms with Gasteiger partial charge in [0.1, 0.15) is 17.1 Å². The van der Waals surface area contributed by atoms with Crippen LogP contribution in [0.2, 0.25) is 0 Å². The number of hydrogen-bond acceptors (Lipinski definition) is 5. The lowest BCUT2D eigenvalue weighted by atomic mass is 10.0. The molecule has 7 nitrogen and oxygen atoms in total. The van der Waals surface area contributed by atoms with E-state index in [2.05, 4.69) is 5.32 Å². The van der Waals surface area contributed by atoms with Crippen molar-refractivity contribution in [1.29, 1.82) is 0 Å². The zero-order chi connectivity index (χ0) is 17.0. The van der Waals surface area contributed by atoms with Crippen molar-refractivity contribution in [3.63, 3.8) is 0 Å². The Bertz CT molecular complexity index is 704. The van der Waals surface area contributed by atoms with Gasteiger partial charge >= 0.3 is 0 Å². The van der Waals surface area contributed by atoms with Gasteiger partial charge in [0.25, 0.3) is 5.69 Å². The number of carbonyl (C=O) groups is 1. The number of nitrogens with zero attached hydrogens (tertiary/aromatic N) is 1. The van der Waals surface area contributed by atoms with E-state index in [1.807, 2.05) is 0 Å². The fourth-order valence-corrected chi connectivity index (χ4v) is 2.07. The van der Waals surface area contributed by atoms with E-state index in [1.165, 1.54) is 24.3 Å². The predicted molar refractivity (Wildman–Crippen MR) is 82.8 cm³/mol. The highest BCUT2D eigenvalue weighted by Crippen LogP contribution is 2.22. The topological polar surface area (TPSA) is 106 Å². The number of nitro benzene ring substituents is 1. The van der Waals surface area contributed by atoms with Gasteiger partial charge in [0.05, 0.1) is 17.9 Å². The Kier molecular flexibility index (Phi) is 4.80. The number of aryl methyl sites for hydroxylation is 1. The van der Waals surface area contributed by atoms with E-state index >= 15 is 0 Å². The number of furan rings is 1. The van der Waals surface area contributed by atoms with Crippen molar-refractivity contribution in [3.05, 3.63) is 63.6 Å². The molecule has 1 aromatic heterocycles. The Morgan fingerprint density at radius 3 is 2.48 bits per heavy atom. The molecule has 1 unspecified atom stereocenters. The number of nitrogens with one attached hydrogen (secondary N) is 1. The SMILES string of the molecule is Cc1ccc(C(C)(O)CNC(=O)Cc2ccc([N+](=O)[O-])cc2)o1. The quantitative estimate of drug-likeness (QED) is 0.626. The first-order chi connectivity index (χ1) is 10.8. The summed E-state index contributed by atoms with van der Waals surface area (Å²) in [6.45, 7) is 3.33. The molecule has 2 aromatic rings. The van der Waals surface area contributed by atoms with E-state index in [0.717, 1.165) is 0 Å². The van der Waals surface area contributed by atoms with Crippen LogP contribution in [0, 0.1) is 17.0 Å². The molecular formula is C16H18N2O5. The van der Waals surface area contributed by atoms with Crippen molar-refractivity contribution in [2.75, 3.05) is 6.54 Å². The van der Waals surface area contributed by atoms with E-state index in [0.29, 0.717) is 17.1 Å². The fourth-order valence-electron chi connectivity index (χ4n) is 2.07. The summed E-state index contributed by atoms with van der Waals surface area (Å²) in [5.41, 5.74) is -0.675. The molecule has 23 heavy (non-hydrogen) atoms. The number of non-ortho nitro benzene ring substituents is 1. The summed E-state index contributed by atoms with van der Waals surface area (Å²) in [6, 6.07) is 9.17. The minimum Gasteiger partial charge on any atom is -0.463 e. The molecule has 2 rings (SSSR count). The summed E-state index contributed by atoms with van der Waals surface area (Å²) in [4.78, 5) is 22.0. The Labute approximate surface area is 133 Å². The molecule has 0 aliphatic heterocycles. The number of hydrogen-bond donors (Lipinski definition) is 2. The zero-order valence-corrected chi connectivity index (χ0v) is 12.9. The van der Waals surface area contributed by atoms with Crippen LogP contribution in [0.3, 0.4) is 0 Å². The molecule has 0 radical (unpaired) electrons. The van der Waals surface area contributed by atoms with Gasteiger partial charge in [-0.3, -0.25) is 14.9 Å². The number of benzene rings is 1. The van der Waals surface area contributed by atoms with E-state index in [-0.39, 0.29) is 24.6 Å². The van der Waals surface area contributed by atoms with Crippen LogP contribution in [0.5, 0.6) is 0 Å². The minimum atomic E-state index is -1.31. The largest absolute Gasteiger partial charge is 0.463 e. The maximum Gasteiger partial charge on any atom is 0.269 e. The van der Waals surface area contributed by atoms with Crippen molar-refractivity contribution >= 4 is 11.6 Å². The predicted octanol–water partition coefficient (Wildman–Crippen LogP) is 2.06. The van der Waals surface area contributed by atoms with Gasteiger partial charge in [-0.05, 0) is 31.5 Å². The number of amides is 1. The first kappa shape index (κ1) is 16.7. The normalized spacial score (nSPS) is 13.3. The van der Waals surface area contributed by atoms with Gasteiger partial charge in [-0.2, -0.15) is 0 Å². The average molecular weight is 318 g/mol. The van der Waals surface area contributed by atoms with Crippen molar-refractivity contribution < 1.29 is 19.2 Å². The van der Waals surface area contributed by atoms with E-state index in [4.69, 9.17) is 4.42 Å². The van der Waals surface area contributed by atoms with Gasteiger partial charge in [-0.1, -0.05) is 12.1 Å². The van der Waals surface area contributed by atoms with E-state index in [9.17, 15) is 20.0 Å². The molecule has 0 saturated heterocycles. The molecule has 0 saturated carbocycles. The first-order valence-corrected chi connectivity index (χ1v) is 7.07. The lowest BCUT2D eigenvalue weighted by Gasteiger charge is -2.21. The molecule has 0 fully saturated rings. The molecule has 1 aromatic carbocycles. The van der Waals surface area contributed by atoms with E-state index < -0.39 is 10.5 Å². The molecule has 0 bridgehead atoms. The molecule has 122 valence electrons. The first-order valence-electron chi connectivity index (χ1n) is 7.07. The number of nitro groups is 1. The fraction of sp³-hybridized carbons (Fsp3) is 0.312. The van der Waals surface area contributed by atoms with E-state index in [1.54, 1.807) is 26.0 Å². The standard InChI is InChI=1S/C16H18N2O5/c1-11-3-8-14(23-11)16(2,20)10-17-15(19)9-12-4-6-13(7-5-12)18(21)22/h3-8,20H,9-10H2,1-2H3,(H,17,19). The second kappa shape index (κ2) is 6.62. The van der Waals surface area contributed by atoms with Crippen LogP contribution in [0.4, 0.5) is 5.69 Å². The van der Waals surface area contributed by atoms with Crippen molar-refractivity contribution in [1.82, 2.24) is 5.32 Å². The molecular weight excluding hydrogens is 300 g/mol. The second-order valence-corrected chi connectivity index (χ2v) is 5.56. The Balaban J connectivity index is 1.90. The molecule has 0 spiro atoms. The highest BCUT2D eigenvalue weighted by atomic mass is 16.6. The highest BCUT2D eigenvalue weighted by molar-refractivity contribution is 5.78. The summed E-state index contributed by atoms with van der Waals surface area (Å²) in [5, 5.41) is 23.5. The van der Waals surface area contributed by atoms with Gasteiger partial charge in [-0.15, -0.1) is 0 Å². The lowest BCUT2D eigenvalue weighted by Crippen LogP contribution is -2.39. The van der Waals surface area contributed by atoms with Crippen molar-refractivity contribution in [2.45, 2.75) is 25.9 Å². The summed E-state index contributed by atoms with van der Waals surface area (Å²) >= 11 is 0. The maximum absolute atomic E-state index is 11.9. The summed E-state index contributed by atoms with van der Waals surface area (Å²) in [6.07, 6.45) is 0.0747. The van der Waals surface area contributed by atoms with Crippen molar-refractivity contribution in [3.8, 4) is 0 Å². The zero-order valence-electron chi connectivity index (χ0n) is 12.9. The molecule has 0 aliphatic carbocycles. The Morgan fingerprint density at radius 2 is 1.96 bits per heavy atom. The molecule has 2 N–H and O–H groups in total. The Hall–Kier alpha value is -2.67. The van der Waals surface area contributed by atoms with Crippen LogP contribution in [0.25, 0.3) is 0 Å². The molecule has 7 heteroatoms. The molecule has 0 aliphatic rings.